The maximum atomic E-state index is 13.4. The second-order valence-corrected chi connectivity index (χ2v) is 9.77. The number of carbonyl (C=O) groups excluding carboxylic acids is 1. The van der Waals surface area contributed by atoms with Crippen LogP contribution in [0.15, 0.2) is 23.1 Å². The molecule has 0 radical (unpaired) electrons. The summed E-state index contributed by atoms with van der Waals surface area (Å²) in [6.07, 6.45) is 0.728. The van der Waals surface area contributed by atoms with Gasteiger partial charge in [0, 0.05) is 11.8 Å². The lowest BCUT2D eigenvalue weighted by Gasteiger charge is -2.55. The second kappa shape index (κ2) is 7.45. The van der Waals surface area contributed by atoms with Gasteiger partial charge in [0.1, 0.15) is 16.5 Å². The average Bonchev–Trinajstić information content (AvgIpc) is 2.61. The van der Waals surface area contributed by atoms with Gasteiger partial charge in [-0.3, -0.25) is 4.79 Å². The molecule has 1 atom stereocenters. The molecule has 9 nitrogen and oxygen atoms in total. The summed E-state index contributed by atoms with van der Waals surface area (Å²) in [4.78, 5) is 23.1. The molecule has 3 aliphatic rings. The summed E-state index contributed by atoms with van der Waals surface area (Å²) >= 11 is 0. The molecular formula is C18H23FN2O7S. The normalized spacial score (nSPS) is 28.6. The fraction of sp³-hybridized carbons (Fsp3) is 0.556. The quantitative estimate of drug-likeness (QED) is 0.523. The van der Waals surface area contributed by atoms with Gasteiger partial charge in [-0.25, -0.2) is 17.6 Å². The highest BCUT2D eigenvalue weighted by Gasteiger charge is 2.55. The van der Waals surface area contributed by atoms with E-state index in [4.69, 9.17) is 9.84 Å². The first kappa shape index (κ1) is 21.3. The molecule has 3 aliphatic carbocycles. The van der Waals surface area contributed by atoms with Crippen LogP contribution in [0.3, 0.4) is 0 Å². The number of fused-ring (bicyclic) bond motifs is 3. The molecule has 4 N–H and O–H groups in total. The molecule has 11 heteroatoms. The molecule has 3 fully saturated rings. The van der Waals surface area contributed by atoms with Crippen molar-refractivity contribution in [2.24, 2.45) is 0 Å². The Morgan fingerprint density at radius 2 is 1.90 bits per heavy atom. The Morgan fingerprint density at radius 1 is 1.24 bits per heavy atom. The molecule has 0 heterocycles. The van der Waals surface area contributed by atoms with Gasteiger partial charge in [-0.15, -0.1) is 0 Å². The Morgan fingerprint density at radius 3 is 2.45 bits per heavy atom. The van der Waals surface area contributed by atoms with E-state index in [9.17, 15) is 27.5 Å². The van der Waals surface area contributed by atoms with Crippen LogP contribution in [0, 0.1) is 5.82 Å². The Labute approximate surface area is 167 Å². The molecule has 0 spiro atoms. The average molecular weight is 430 g/mol. The molecule has 3 saturated carbocycles. The minimum absolute atomic E-state index is 0.126. The number of nitrogens with one attached hydrogen (secondary N) is 2. The first-order chi connectivity index (χ1) is 13.4. The number of benzene rings is 1. The number of halogens is 1. The van der Waals surface area contributed by atoms with Gasteiger partial charge >= 0.3 is 6.09 Å². The van der Waals surface area contributed by atoms with Gasteiger partial charge in [-0.1, -0.05) is 0 Å². The van der Waals surface area contributed by atoms with E-state index < -0.39 is 51.4 Å². The number of carbonyl (C=O) groups is 2. The lowest BCUT2D eigenvalue weighted by atomic mass is 9.60. The Kier molecular flexibility index (Phi) is 5.48. The van der Waals surface area contributed by atoms with Crippen LogP contribution in [0.1, 0.15) is 32.1 Å². The highest BCUT2D eigenvalue weighted by molar-refractivity contribution is 7.90. The Bertz CT molecular complexity index is 926. The SMILES string of the molecule is CS(=O)(=O)c1cc(F)ccc1OCC(=O)NC12CCC(NC(=O)O)(CC1)C(O)C2. The maximum absolute atomic E-state index is 13.4. The maximum Gasteiger partial charge on any atom is 0.405 e. The summed E-state index contributed by atoms with van der Waals surface area (Å²) in [5.74, 6) is -1.38. The van der Waals surface area contributed by atoms with E-state index in [-0.39, 0.29) is 17.1 Å². The van der Waals surface area contributed by atoms with E-state index in [0.29, 0.717) is 25.7 Å². The van der Waals surface area contributed by atoms with Crippen LogP contribution in [-0.2, 0) is 14.6 Å². The third-order valence-electron chi connectivity index (χ3n) is 5.75. The lowest BCUT2D eigenvalue weighted by Crippen LogP contribution is -2.70. The van der Waals surface area contributed by atoms with Crippen LogP contribution in [0.25, 0.3) is 0 Å². The van der Waals surface area contributed by atoms with Crippen molar-refractivity contribution >= 4 is 21.8 Å². The fourth-order valence-electron chi connectivity index (χ4n) is 4.24. The molecular weight excluding hydrogens is 407 g/mol. The van der Waals surface area contributed by atoms with Gasteiger partial charge < -0.3 is 25.6 Å². The zero-order valence-corrected chi connectivity index (χ0v) is 16.6. The molecule has 2 bridgehead atoms. The summed E-state index contributed by atoms with van der Waals surface area (Å²) in [7, 11) is -3.75. The molecule has 0 aromatic heterocycles. The van der Waals surface area contributed by atoms with E-state index in [1.807, 2.05) is 0 Å². The van der Waals surface area contributed by atoms with Crippen LogP contribution >= 0.6 is 0 Å². The third-order valence-corrected chi connectivity index (χ3v) is 6.86. The lowest BCUT2D eigenvalue weighted by molar-refractivity contribution is -0.129. The van der Waals surface area contributed by atoms with E-state index in [0.717, 1.165) is 24.5 Å². The topological polar surface area (TPSA) is 142 Å². The number of rotatable bonds is 6. The van der Waals surface area contributed by atoms with Crippen molar-refractivity contribution in [2.75, 3.05) is 12.9 Å². The Hall–Kier alpha value is -2.40. The van der Waals surface area contributed by atoms with Crippen molar-refractivity contribution in [1.29, 1.82) is 0 Å². The first-order valence-corrected chi connectivity index (χ1v) is 11.0. The number of sulfone groups is 1. The van der Waals surface area contributed by atoms with E-state index >= 15 is 0 Å². The summed E-state index contributed by atoms with van der Waals surface area (Å²) in [5.41, 5.74) is -1.57. The number of amides is 2. The van der Waals surface area contributed by atoms with Crippen LogP contribution in [-0.4, -0.2) is 60.7 Å². The molecule has 4 rings (SSSR count). The fourth-order valence-corrected chi connectivity index (χ4v) is 5.06. The molecule has 0 saturated heterocycles. The van der Waals surface area contributed by atoms with Crippen LogP contribution < -0.4 is 15.4 Å². The predicted octanol–water partition coefficient (Wildman–Crippen LogP) is 0.808. The zero-order chi connectivity index (χ0) is 21.4. The first-order valence-electron chi connectivity index (χ1n) is 9.07. The molecule has 2 amide bonds. The van der Waals surface area contributed by atoms with Gasteiger partial charge in [-0.2, -0.15) is 0 Å². The number of ether oxygens (including phenoxy) is 1. The second-order valence-electron chi connectivity index (χ2n) is 7.79. The molecule has 0 aliphatic heterocycles. The monoisotopic (exact) mass is 430 g/mol. The summed E-state index contributed by atoms with van der Waals surface area (Å²) in [6.45, 7) is -0.482. The number of carboxylic acid groups (broad SMARTS) is 1. The summed E-state index contributed by atoms with van der Waals surface area (Å²) in [6, 6.07) is 3.01. The van der Waals surface area contributed by atoms with Gasteiger partial charge in [0.25, 0.3) is 5.91 Å². The molecule has 29 heavy (non-hydrogen) atoms. The highest BCUT2D eigenvalue weighted by Crippen LogP contribution is 2.47. The van der Waals surface area contributed by atoms with Gasteiger partial charge in [0.15, 0.2) is 16.4 Å². The highest BCUT2D eigenvalue weighted by atomic mass is 32.2. The predicted molar refractivity (Wildman–Crippen MR) is 98.9 cm³/mol. The number of aliphatic hydroxyl groups excluding tert-OH is 1. The minimum atomic E-state index is -3.75. The molecule has 1 aromatic rings. The molecule has 1 unspecified atom stereocenters. The number of hydrogen-bond donors (Lipinski definition) is 4. The van der Waals surface area contributed by atoms with Gasteiger partial charge in [0.2, 0.25) is 0 Å². The van der Waals surface area contributed by atoms with E-state index in [2.05, 4.69) is 10.6 Å². The summed E-state index contributed by atoms with van der Waals surface area (Å²) in [5, 5.41) is 24.7. The van der Waals surface area contributed by atoms with Crippen molar-refractivity contribution in [2.45, 2.75) is 54.2 Å². The van der Waals surface area contributed by atoms with Crippen LogP contribution in [0.2, 0.25) is 0 Å². The van der Waals surface area contributed by atoms with E-state index in [1.165, 1.54) is 0 Å². The van der Waals surface area contributed by atoms with Crippen molar-refractivity contribution in [3.8, 4) is 5.75 Å². The number of hydrogen-bond acceptors (Lipinski definition) is 6. The molecule has 1 aromatic carbocycles. The minimum Gasteiger partial charge on any atom is -0.482 e. The smallest absolute Gasteiger partial charge is 0.405 e. The van der Waals surface area contributed by atoms with Crippen molar-refractivity contribution in [1.82, 2.24) is 10.6 Å². The van der Waals surface area contributed by atoms with Crippen molar-refractivity contribution in [3.63, 3.8) is 0 Å². The van der Waals surface area contributed by atoms with Gasteiger partial charge in [-0.05, 0) is 50.3 Å². The largest absolute Gasteiger partial charge is 0.482 e. The standard InChI is InChI=1S/C18H23FN2O7S/c1-29(26,27)13-8-11(19)2-3-12(13)28-10-15(23)20-17-4-6-18(7-5-17,14(22)9-17)21-16(24)25/h2-3,8,14,21-22H,4-7,9-10H2,1H3,(H,20,23)(H,24,25). The van der Waals surface area contributed by atoms with Gasteiger partial charge in [0.05, 0.1) is 11.6 Å². The summed E-state index contributed by atoms with van der Waals surface area (Å²) < 4.78 is 42.3. The Balaban J connectivity index is 1.64. The van der Waals surface area contributed by atoms with E-state index in [1.54, 1.807) is 0 Å². The zero-order valence-electron chi connectivity index (χ0n) is 15.8. The number of aliphatic hydroxyl groups is 1. The van der Waals surface area contributed by atoms with Crippen molar-refractivity contribution in [3.05, 3.63) is 24.0 Å². The van der Waals surface area contributed by atoms with Crippen molar-refractivity contribution < 1.29 is 37.3 Å². The van der Waals surface area contributed by atoms with Crippen LogP contribution in [0.4, 0.5) is 9.18 Å². The third kappa shape index (κ3) is 4.45. The molecule has 160 valence electrons. The van der Waals surface area contributed by atoms with Crippen LogP contribution in [0.5, 0.6) is 5.75 Å².